The zero-order valence-corrected chi connectivity index (χ0v) is 17.3. The van der Waals surface area contributed by atoms with Gasteiger partial charge in [-0.2, -0.15) is 4.31 Å². The minimum Gasteiger partial charge on any atom is -0.495 e. The first kappa shape index (κ1) is 20.4. The largest absolute Gasteiger partial charge is 0.495 e. The van der Waals surface area contributed by atoms with E-state index in [0.29, 0.717) is 23.2 Å². The van der Waals surface area contributed by atoms with Gasteiger partial charge in [-0.3, -0.25) is 4.79 Å². The predicted octanol–water partition coefficient (Wildman–Crippen LogP) is 3.34. The number of amides is 1. The minimum atomic E-state index is -3.80. The molecule has 1 aliphatic rings. The van der Waals surface area contributed by atoms with E-state index in [-0.39, 0.29) is 33.6 Å². The van der Waals surface area contributed by atoms with Crippen LogP contribution >= 0.6 is 34.5 Å². The number of methoxy groups -OCH3 is 1. The number of morpholine rings is 1. The molecule has 3 rings (SSSR count). The number of anilines is 1. The standard InChI is InChI=1S/C16H16Cl2N2O5S2/c1-24-12-3-2-10(19-16(21)11-9-14(17)26-15(11)18)8-13(12)27(22,23)20-4-6-25-7-5-20/h2-3,8-9H,4-7H2,1H3,(H,19,21). The lowest BCUT2D eigenvalue weighted by Crippen LogP contribution is -2.40. The Morgan fingerprint density at radius 3 is 2.56 bits per heavy atom. The van der Waals surface area contributed by atoms with E-state index in [4.69, 9.17) is 32.7 Å². The van der Waals surface area contributed by atoms with Gasteiger partial charge >= 0.3 is 0 Å². The highest BCUT2D eigenvalue weighted by molar-refractivity contribution is 7.89. The molecule has 0 saturated carbocycles. The molecular weight excluding hydrogens is 435 g/mol. The first-order valence-corrected chi connectivity index (χ1v) is 10.9. The monoisotopic (exact) mass is 450 g/mol. The van der Waals surface area contributed by atoms with Crippen LogP contribution in [-0.4, -0.2) is 52.0 Å². The Morgan fingerprint density at radius 2 is 1.96 bits per heavy atom. The molecule has 7 nitrogen and oxygen atoms in total. The zero-order chi connectivity index (χ0) is 19.6. The Labute approximate surface area is 170 Å². The lowest BCUT2D eigenvalue weighted by atomic mass is 10.2. The first-order chi connectivity index (χ1) is 12.8. The predicted molar refractivity (Wildman–Crippen MR) is 105 cm³/mol. The molecule has 1 fully saturated rings. The first-order valence-electron chi connectivity index (χ1n) is 7.85. The number of rotatable bonds is 5. The Balaban J connectivity index is 1.91. The van der Waals surface area contributed by atoms with Gasteiger partial charge in [0.2, 0.25) is 10.0 Å². The van der Waals surface area contributed by atoms with E-state index in [1.54, 1.807) is 6.07 Å². The van der Waals surface area contributed by atoms with Crippen LogP contribution in [0.2, 0.25) is 8.67 Å². The van der Waals surface area contributed by atoms with Crippen molar-refractivity contribution in [3.63, 3.8) is 0 Å². The summed E-state index contributed by atoms with van der Waals surface area (Å²) in [4.78, 5) is 12.4. The fourth-order valence-corrected chi connectivity index (χ4v) is 5.62. The highest BCUT2D eigenvalue weighted by Gasteiger charge is 2.29. The maximum absolute atomic E-state index is 13.0. The summed E-state index contributed by atoms with van der Waals surface area (Å²) in [5.41, 5.74) is 0.520. The molecule has 1 aliphatic heterocycles. The number of halogens is 2. The van der Waals surface area contributed by atoms with Gasteiger partial charge in [-0.05, 0) is 24.3 Å². The third kappa shape index (κ3) is 4.39. The van der Waals surface area contributed by atoms with Crippen LogP contribution in [0, 0.1) is 0 Å². The molecule has 1 aromatic heterocycles. The molecule has 146 valence electrons. The topological polar surface area (TPSA) is 84.9 Å². The average Bonchev–Trinajstić information content (AvgIpc) is 3.00. The SMILES string of the molecule is COc1ccc(NC(=O)c2cc(Cl)sc2Cl)cc1S(=O)(=O)N1CCOCC1. The van der Waals surface area contributed by atoms with Gasteiger partial charge in [0, 0.05) is 18.8 Å². The molecule has 1 amide bonds. The normalized spacial score (nSPS) is 15.5. The minimum absolute atomic E-state index is 0.0286. The molecule has 11 heteroatoms. The second-order valence-electron chi connectivity index (χ2n) is 5.57. The van der Waals surface area contributed by atoms with Gasteiger partial charge in [-0.25, -0.2) is 8.42 Å². The summed E-state index contributed by atoms with van der Waals surface area (Å²) in [7, 11) is -2.41. The molecule has 1 aromatic carbocycles. The number of thiophene rings is 1. The fraction of sp³-hybridized carbons (Fsp3) is 0.312. The molecular formula is C16H16Cl2N2O5S2. The van der Waals surface area contributed by atoms with E-state index >= 15 is 0 Å². The molecule has 1 saturated heterocycles. The molecule has 0 unspecified atom stereocenters. The van der Waals surface area contributed by atoms with Crippen molar-refractivity contribution >= 4 is 56.2 Å². The van der Waals surface area contributed by atoms with Crippen LogP contribution in [0.5, 0.6) is 5.75 Å². The molecule has 1 N–H and O–H groups in total. The highest BCUT2D eigenvalue weighted by Crippen LogP contribution is 2.33. The third-order valence-corrected chi connectivity index (χ3v) is 7.32. The molecule has 2 heterocycles. The summed E-state index contributed by atoms with van der Waals surface area (Å²) in [5, 5.41) is 2.64. The van der Waals surface area contributed by atoms with Gasteiger partial charge in [0.05, 0.1) is 30.2 Å². The number of carbonyl (C=O) groups excluding carboxylic acids is 1. The Morgan fingerprint density at radius 1 is 1.26 bits per heavy atom. The Bertz CT molecular complexity index is 956. The number of nitrogens with zero attached hydrogens (tertiary/aromatic N) is 1. The molecule has 2 aromatic rings. The van der Waals surface area contributed by atoms with Gasteiger partial charge in [0.25, 0.3) is 5.91 Å². The molecule has 0 spiro atoms. The van der Waals surface area contributed by atoms with Crippen molar-refractivity contribution in [3.8, 4) is 5.75 Å². The zero-order valence-electron chi connectivity index (χ0n) is 14.2. The van der Waals surface area contributed by atoms with E-state index in [0.717, 1.165) is 11.3 Å². The molecule has 0 bridgehead atoms. The lowest BCUT2D eigenvalue weighted by Gasteiger charge is -2.26. The van der Waals surface area contributed by atoms with E-state index in [1.807, 2.05) is 0 Å². The van der Waals surface area contributed by atoms with E-state index in [9.17, 15) is 13.2 Å². The average molecular weight is 451 g/mol. The van der Waals surface area contributed by atoms with Crippen LogP contribution in [0.25, 0.3) is 0 Å². The number of ether oxygens (including phenoxy) is 2. The number of hydrogen-bond donors (Lipinski definition) is 1. The summed E-state index contributed by atoms with van der Waals surface area (Å²) in [6, 6.07) is 5.87. The van der Waals surface area contributed by atoms with Crippen molar-refractivity contribution in [2.75, 3.05) is 38.7 Å². The quantitative estimate of drug-likeness (QED) is 0.754. The van der Waals surface area contributed by atoms with Crippen LogP contribution < -0.4 is 10.1 Å². The van der Waals surface area contributed by atoms with E-state index < -0.39 is 15.9 Å². The maximum Gasteiger partial charge on any atom is 0.258 e. The summed E-state index contributed by atoms with van der Waals surface area (Å²) in [6.45, 7) is 1.17. The third-order valence-electron chi connectivity index (χ3n) is 3.91. The Kier molecular flexibility index (Phi) is 6.29. The van der Waals surface area contributed by atoms with Crippen LogP contribution in [0.4, 0.5) is 5.69 Å². The van der Waals surface area contributed by atoms with Crippen LogP contribution in [-0.2, 0) is 14.8 Å². The number of hydrogen-bond acceptors (Lipinski definition) is 6. The van der Waals surface area contributed by atoms with E-state index in [2.05, 4.69) is 5.32 Å². The van der Waals surface area contributed by atoms with Crippen molar-refractivity contribution < 1.29 is 22.7 Å². The number of carbonyl (C=O) groups is 1. The van der Waals surface area contributed by atoms with Gasteiger partial charge < -0.3 is 14.8 Å². The maximum atomic E-state index is 13.0. The Hall–Kier alpha value is -1.36. The molecule has 0 radical (unpaired) electrons. The summed E-state index contributed by atoms with van der Waals surface area (Å²) in [6.07, 6.45) is 0. The smallest absolute Gasteiger partial charge is 0.258 e. The number of benzene rings is 1. The van der Waals surface area contributed by atoms with Gasteiger partial charge in [0.15, 0.2) is 0 Å². The van der Waals surface area contributed by atoms with Crippen LogP contribution in [0.3, 0.4) is 0 Å². The molecule has 0 atom stereocenters. The number of sulfonamides is 1. The van der Waals surface area contributed by atoms with Gasteiger partial charge in [-0.1, -0.05) is 23.2 Å². The second kappa shape index (κ2) is 8.34. The van der Waals surface area contributed by atoms with Crippen molar-refractivity contribution in [1.29, 1.82) is 0 Å². The summed E-state index contributed by atoms with van der Waals surface area (Å²) < 4.78 is 38.3. The van der Waals surface area contributed by atoms with Crippen molar-refractivity contribution in [1.82, 2.24) is 4.31 Å². The van der Waals surface area contributed by atoms with Crippen molar-refractivity contribution in [2.24, 2.45) is 0 Å². The van der Waals surface area contributed by atoms with Crippen molar-refractivity contribution in [3.05, 3.63) is 38.5 Å². The highest BCUT2D eigenvalue weighted by atomic mass is 35.5. The second-order valence-corrected chi connectivity index (χ2v) is 9.77. The van der Waals surface area contributed by atoms with Gasteiger partial charge in [0.1, 0.15) is 15.0 Å². The van der Waals surface area contributed by atoms with Crippen LogP contribution in [0.15, 0.2) is 29.2 Å². The lowest BCUT2D eigenvalue weighted by molar-refractivity contribution is 0.0729. The number of nitrogens with one attached hydrogen (secondary N) is 1. The van der Waals surface area contributed by atoms with Crippen molar-refractivity contribution in [2.45, 2.75) is 4.90 Å². The summed E-state index contributed by atoms with van der Waals surface area (Å²) in [5.74, 6) is -0.292. The van der Waals surface area contributed by atoms with Crippen LogP contribution in [0.1, 0.15) is 10.4 Å². The van der Waals surface area contributed by atoms with E-state index in [1.165, 1.54) is 29.6 Å². The molecule has 27 heavy (non-hydrogen) atoms. The molecule has 0 aliphatic carbocycles. The fourth-order valence-electron chi connectivity index (χ4n) is 2.58. The summed E-state index contributed by atoms with van der Waals surface area (Å²) >= 11 is 12.9. The van der Waals surface area contributed by atoms with Gasteiger partial charge in [-0.15, -0.1) is 11.3 Å².